The molecule has 5 rings (SSSR count). The van der Waals surface area contributed by atoms with Crippen molar-refractivity contribution >= 4 is 17.1 Å². The van der Waals surface area contributed by atoms with E-state index in [1.54, 1.807) is 6.07 Å². The predicted octanol–water partition coefficient (Wildman–Crippen LogP) is 4.11. The molecule has 4 atom stereocenters. The highest BCUT2D eigenvalue weighted by Crippen LogP contribution is 2.55. The molecule has 4 heterocycles. The van der Waals surface area contributed by atoms with Gasteiger partial charge in [0.2, 0.25) is 5.82 Å². The van der Waals surface area contributed by atoms with Crippen LogP contribution in [-0.2, 0) is 14.3 Å². The van der Waals surface area contributed by atoms with Crippen molar-refractivity contribution in [3.05, 3.63) is 53.9 Å². The van der Waals surface area contributed by atoms with Crippen LogP contribution in [0.5, 0.6) is 5.75 Å². The highest BCUT2D eigenvalue weighted by molar-refractivity contribution is 5.95. The maximum Gasteiger partial charge on any atom is 0.417 e. The summed E-state index contributed by atoms with van der Waals surface area (Å²) in [6.07, 6.45) is -3.64. The molecule has 0 radical (unpaired) electrons. The quantitative estimate of drug-likeness (QED) is 0.487. The fourth-order valence-corrected chi connectivity index (χ4v) is 4.67. The number of amides is 1. The lowest BCUT2D eigenvalue weighted by Gasteiger charge is -2.32. The smallest absolute Gasteiger partial charge is 0.417 e. The molecule has 1 amide bonds. The van der Waals surface area contributed by atoms with Crippen molar-refractivity contribution in [1.82, 2.24) is 14.8 Å². The molecule has 1 aromatic carbocycles. The first-order valence-electron chi connectivity index (χ1n) is 11.5. The van der Waals surface area contributed by atoms with E-state index < -0.39 is 53.0 Å². The fourth-order valence-electron chi connectivity index (χ4n) is 4.67. The first kappa shape index (κ1) is 25.3. The maximum absolute atomic E-state index is 14.9. The highest BCUT2D eigenvalue weighted by atomic mass is 19.4. The van der Waals surface area contributed by atoms with Crippen LogP contribution >= 0.6 is 0 Å². The molecular formula is C24H23F5N4O4. The van der Waals surface area contributed by atoms with E-state index >= 15 is 0 Å². The lowest BCUT2D eigenvalue weighted by atomic mass is 9.77. The third-order valence-corrected chi connectivity index (χ3v) is 7.10. The Balaban J connectivity index is 1.52. The number of hydrogen-bond acceptors (Lipinski definition) is 6. The van der Waals surface area contributed by atoms with Crippen molar-refractivity contribution in [3.63, 3.8) is 0 Å². The van der Waals surface area contributed by atoms with Gasteiger partial charge < -0.3 is 19.5 Å². The molecule has 1 N–H and O–H groups in total. The summed E-state index contributed by atoms with van der Waals surface area (Å²) in [5, 5.41) is 10.1. The molecule has 8 nitrogen and oxygen atoms in total. The number of nitrogens with one attached hydrogen (secondary N) is 1. The normalized spacial score (nSPS) is 26.3. The minimum absolute atomic E-state index is 0.0271. The number of alkyl halides is 3. The zero-order chi connectivity index (χ0) is 26.5. The van der Waals surface area contributed by atoms with E-state index in [-0.39, 0.29) is 23.8 Å². The zero-order valence-corrected chi connectivity index (χ0v) is 19.8. The molecule has 2 aliphatic rings. The Bertz CT molecular complexity index is 1330. The van der Waals surface area contributed by atoms with E-state index in [4.69, 9.17) is 14.2 Å². The molecule has 0 unspecified atom stereocenters. The number of rotatable bonds is 6. The van der Waals surface area contributed by atoms with Gasteiger partial charge >= 0.3 is 6.18 Å². The number of halogens is 5. The minimum atomic E-state index is -4.86. The van der Waals surface area contributed by atoms with Gasteiger partial charge in [-0.25, -0.2) is 8.91 Å². The van der Waals surface area contributed by atoms with Crippen LogP contribution in [0.4, 0.5) is 27.6 Å². The summed E-state index contributed by atoms with van der Waals surface area (Å²) in [7, 11) is 0. The molecule has 13 heteroatoms. The van der Waals surface area contributed by atoms with Gasteiger partial charge in [0.15, 0.2) is 17.2 Å². The Morgan fingerprint density at radius 3 is 2.68 bits per heavy atom. The fraction of sp³-hybridized carbons (Fsp3) is 0.458. The Kier molecular flexibility index (Phi) is 6.31. The summed E-state index contributed by atoms with van der Waals surface area (Å²) in [5.41, 5.74) is -1.98. The second-order valence-electron chi connectivity index (χ2n) is 9.46. The predicted molar refractivity (Wildman–Crippen MR) is 119 cm³/mol. The number of fused-ring (bicyclic) bond motifs is 1. The number of carbonyl (C=O) groups is 1. The summed E-state index contributed by atoms with van der Waals surface area (Å²) in [4.78, 5) is 13.3. The molecular weight excluding hydrogens is 503 g/mol. The van der Waals surface area contributed by atoms with Gasteiger partial charge in [0, 0.05) is 23.3 Å². The summed E-state index contributed by atoms with van der Waals surface area (Å²) >= 11 is 0. The van der Waals surface area contributed by atoms with Gasteiger partial charge in [-0.05, 0) is 25.1 Å². The third kappa shape index (κ3) is 4.39. The summed E-state index contributed by atoms with van der Waals surface area (Å²) in [5.74, 6) is -6.76. The van der Waals surface area contributed by atoms with Crippen LogP contribution in [0, 0.1) is 23.5 Å². The molecule has 0 bridgehead atoms. The number of anilines is 1. The van der Waals surface area contributed by atoms with E-state index in [0.717, 1.165) is 19.1 Å². The van der Waals surface area contributed by atoms with Gasteiger partial charge in [-0.3, -0.25) is 4.79 Å². The Labute approximate surface area is 207 Å². The third-order valence-electron chi connectivity index (χ3n) is 7.10. The lowest BCUT2D eigenvalue weighted by Crippen LogP contribution is -2.47. The van der Waals surface area contributed by atoms with E-state index in [1.807, 2.05) is 0 Å². The van der Waals surface area contributed by atoms with Gasteiger partial charge in [0.25, 0.3) is 5.91 Å². The van der Waals surface area contributed by atoms with Gasteiger partial charge in [0.05, 0.1) is 43.4 Å². The number of hydrogen-bond donors (Lipinski definition) is 1. The molecule has 0 saturated carbocycles. The minimum Gasteiger partial charge on any atom is -0.490 e. The largest absolute Gasteiger partial charge is 0.490 e. The summed E-state index contributed by atoms with van der Waals surface area (Å²) in [6, 6.07) is 5.07. The van der Waals surface area contributed by atoms with Crippen molar-refractivity contribution in [1.29, 1.82) is 0 Å². The van der Waals surface area contributed by atoms with Gasteiger partial charge in [-0.1, -0.05) is 18.2 Å². The molecule has 2 fully saturated rings. The number of ether oxygens (including phenoxy) is 3. The van der Waals surface area contributed by atoms with E-state index in [2.05, 4.69) is 15.6 Å². The molecule has 2 saturated heterocycles. The zero-order valence-electron chi connectivity index (χ0n) is 19.8. The van der Waals surface area contributed by atoms with Gasteiger partial charge in [-0.15, -0.1) is 5.10 Å². The van der Waals surface area contributed by atoms with Crippen molar-refractivity contribution in [3.8, 4) is 5.75 Å². The van der Waals surface area contributed by atoms with Crippen LogP contribution in [0.2, 0.25) is 0 Å². The molecule has 2 aromatic heterocycles. The SMILES string of the molecule is C[C@H]1[C@@H](c2ccc(F)c(F)c2OCC2COC2)[C@H](C(=O)Nc2ccc3cnnn3c2)O[C@@]1(C)C(F)(F)F. The average molecular weight is 526 g/mol. The molecule has 198 valence electrons. The number of carbonyl (C=O) groups excluding carboxylic acids is 1. The number of aromatic nitrogens is 3. The van der Waals surface area contributed by atoms with Gasteiger partial charge in [-0.2, -0.15) is 17.6 Å². The van der Waals surface area contributed by atoms with Crippen molar-refractivity contribution in [2.75, 3.05) is 25.1 Å². The van der Waals surface area contributed by atoms with Crippen molar-refractivity contribution in [2.24, 2.45) is 11.8 Å². The molecule has 2 aliphatic heterocycles. The Morgan fingerprint density at radius 1 is 1.24 bits per heavy atom. The summed E-state index contributed by atoms with van der Waals surface area (Å²) in [6.45, 7) is 2.80. The van der Waals surface area contributed by atoms with Crippen LogP contribution in [0.3, 0.4) is 0 Å². The van der Waals surface area contributed by atoms with Crippen molar-refractivity contribution in [2.45, 2.75) is 37.6 Å². The standard InChI is InChI=1S/C24H23F5N4O4/c1-12-18(16-5-6-17(25)19(26)20(16)36-11-13-9-35-10-13)21(37-23(12,2)24(27,28)29)22(34)31-14-3-4-15-7-30-32-33(15)8-14/h3-8,12-13,18,21H,9-11H2,1-2H3,(H,31,34)/t12-,18-,21+,23+/m0/s1. The number of benzene rings is 1. The van der Waals surface area contributed by atoms with Crippen LogP contribution in [0.25, 0.3) is 5.52 Å². The van der Waals surface area contributed by atoms with Gasteiger partial charge in [0.1, 0.15) is 6.10 Å². The number of pyridine rings is 1. The van der Waals surface area contributed by atoms with Crippen LogP contribution in [0.1, 0.15) is 25.3 Å². The van der Waals surface area contributed by atoms with E-state index in [9.17, 15) is 26.7 Å². The first-order chi connectivity index (χ1) is 17.5. The summed E-state index contributed by atoms with van der Waals surface area (Å²) < 4.78 is 89.1. The second kappa shape index (κ2) is 9.21. The Hall–Kier alpha value is -3.32. The lowest BCUT2D eigenvalue weighted by molar-refractivity contribution is -0.272. The van der Waals surface area contributed by atoms with Crippen LogP contribution in [0.15, 0.2) is 36.7 Å². The Morgan fingerprint density at radius 2 is 2.00 bits per heavy atom. The van der Waals surface area contributed by atoms with Crippen molar-refractivity contribution < 1.29 is 41.0 Å². The monoisotopic (exact) mass is 526 g/mol. The molecule has 37 heavy (non-hydrogen) atoms. The maximum atomic E-state index is 14.9. The highest BCUT2D eigenvalue weighted by Gasteiger charge is 2.66. The number of nitrogens with zero attached hydrogens (tertiary/aromatic N) is 3. The second-order valence-corrected chi connectivity index (χ2v) is 9.46. The first-order valence-corrected chi connectivity index (χ1v) is 11.5. The van der Waals surface area contributed by atoms with E-state index in [0.29, 0.717) is 18.7 Å². The molecule has 0 spiro atoms. The molecule has 0 aliphatic carbocycles. The van der Waals surface area contributed by atoms with Crippen LogP contribution in [-0.4, -0.2) is 58.4 Å². The van der Waals surface area contributed by atoms with E-state index in [1.165, 1.54) is 29.9 Å². The van der Waals surface area contributed by atoms with Crippen LogP contribution < -0.4 is 10.1 Å². The topological polar surface area (TPSA) is 87.0 Å². The average Bonchev–Trinajstić information content (AvgIpc) is 3.38. The molecule has 3 aromatic rings.